The topological polar surface area (TPSA) is 57.5 Å². The highest BCUT2D eigenvalue weighted by Gasteiger charge is 2.07. The quantitative estimate of drug-likeness (QED) is 0.495. The highest BCUT2D eigenvalue weighted by Crippen LogP contribution is 2.20. The Labute approximate surface area is 124 Å². The third-order valence-electron chi connectivity index (χ3n) is 1.91. The standard InChI is InChI=1S/C12H14BrClFN3O/c1-7(2)6-17-12(18-11(13)16)19-10-4-8(14)3-9(15)5-10/h3-5,7H,6H2,1-2H3,(H2,16,17,18). The number of ether oxygens (including phenoxy) is 1. The Balaban J connectivity index is 2.84. The zero-order chi connectivity index (χ0) is 14.4. The Morgan fingerprint density at radius 1 is 1.53 bits per heavy atom. The van der Waals surface area contributed by atoms with Gasteiger partial charge in [-0.1, -0.05) is 25.4 Å². The van der Waals surface area contributed by atoms with Crippen LogP contribution in [0, 0.1) is 17.1 Å². The van der Waals surface area contributed by atoms with Gasteiger partial charge in [-0.05, 0) is 34.0 Å². The summed E-state index contributed by atoms with van der Waals surface area (Å²) in [4.78, 5) is 3.82. The molecule has 0 fully saturated rings. The van der Waals surface area contributed by atoms with Gasteiger partial charge in [0, 0.05) is 17.6 Å². The fourth-order valence-electron chi connectivity index (χ4n) is 1.18. The normalized spacial score (nSPS) is 11.6. The maximum Gasteiger partial charge on any atom is 0.297 e. The van der Waals surface area contributed by atoms with Gasteiger partial charge in [-0.3, -0.25) is 5.41 Å². The summed E-state index contributed by atoms with van der Waals surface area (Å²) in [6.07, 6.45) is 0. The second-order valence-electron chi connectivity index (χ2n) is 4.19. The SMILES string of the molecule is CC(C)CN/C(=N\C(=N)Br)Oc1cc(F)cc(Cl)c1. The van der Waals surface area contributed by atoms with Crippen molar-refractivity contribution in [3.8, 4) is 5.75 Å². The molecule has 0 aliphatic heterocycles. The molecule has 0 radical (unpaired) electrons. The van der Waals surface area contributed by atoms with Gasteiger partial charge in [-0.2, -0.15) is 4.99 Å². The summed E-state index contributed by atoms with van der Waals surface area (Å²) >= 11 is 8.64. The molecule has 1 aromatic rings. The van der Waals surface area contributed by atoms with Gasteiger partial charge >= 0.3 is 0 Å². The monoisotopic (exact) mass is 349 g/mol. The van der Waals surface area contributed by atoms with Crippen molar-refractivity contribution in [1.29, 1.82) is 5.41 Å². The molecule has 0 saturated heterocycles. The number of rotatable bonds is 3. The van der Waals surface area contributed by atoms with E-state index in [1.54, 1.807) is 0 Å². The van der Waals surface area contributed by atoms with Crippen LogP contribution in [0.25, 0.3) is 0 Å². The number of halogens is 3. The summed E-state index contributed by atoms with van der Waals surface area (Å²) in [6, 6.07) is 3.95. The molecule has 2 N–H and O–H groups in total. The molecular formula is C12H14BrClFN3O. The molecule has 4 nitrogen and oxygen atoms in total. The minimum Gasteiger partial charge on any atom is -0.426 e. The molecular weight excluding hydrogens is 337 g/mol. The second kappa shape index (κ2) is 7.45. The first-order valence-electron chi connectivity index (χ1n) is 5.57. The Bertz CT molecular complexity index is 474. The number of amidine groups is 2. The van der Waals surface area contributed by atoms with E-state index in [9.17, 15) is 4.39 Å². The number of aliphatic imine (C=N–C) groups is 1. The first-order valence-corrected chi connectivity index (χ1v) is 6.74. The molecule has 0 saturated carbocycles. The third-order valence-corrected chi connectivity index (χ3v) is 2.31. The van der Waals surface area contributed by atoms with Crippen molar-refractivity contribution in [2.45, 2.75) is 13.8 Å². The van der Waals surface area contributed by atoms with Crippen LogP contribution in [0.2, 0.25) is 5.02 Å². The fraction of sp³-hybridized carbons (Fsp3) is 0.333. The van der Waals surface area contributed by atoms with Crippen molar-refractivity contribution in [1.82, 2.24) is 5.32 Å². The molecule has 104 valence electrons. The molecule has 0 aliphatic carbocycles. The van der Waals surface area contributed by atoms with Crippen LogP contribution >= 0.6 is 27.5 Å². The maximum absolute atomic E-state index is 13.2. The maximum atomic E-state index is 13.2. The average molecular weight is 351 g/mol. The summed E-state index contributed by atoms with van der Waals surface area (Å²) in [5, 5.41) is 10.4. The average Bonchev–Trinajstić information content (AvgIpc) is 2.23. The molecule has 0 atom stereocenters. The van der Waals surface area contributed by atoms with E-state index in [0.717, 1.165) is 0 Å². The first kappa shape index (κ1) is 15.9. The molecule has 0 amide bonds. The minimum atomic E-state index is -0.500. The van der Waals surface area contributed by atoms with E-state index in [1.807, 2.05) is 13.8 Å². The van der Waals surface area contributed by atoms with E-state index in [-0.39, 0.29) is 21.5 Å². The number of nitrogens with zero attached hydrogens (tertiary/aromatic N) is 1. The Morgan fingerprint density at radius 3 is 2.74 bits per heavy atom. The molecule has 7 heteroatoms. The highest BCUT2D eigenvalue weighted by atomic mass is 79.9. The molecule has 19 heavy (non-hydrogen) atoms. The van der Waals surface area contributed by atoms with Gasteiger partial charge in [-0.25, -0.2) is 4.39 Å². The summed E-state index contributed by atoms with van der Waals surface area (Å²) in [6.45, 7) is 4.65. The smallest absolute Gasteiger partial charge is 0.297 e. The van der Waals surface area contributed by atoms with Crippen LogP contribution in [0.15, 0.2) is 23.2 Å². The van der Waals surface area contributed by atoms with Gasteiger partial charge in [0.25, 0.3) is 6.02 Å². The van der Waals surface area contributed by atoms with Crippen molar-refractivity contribution in [2.75, 3.05) is 6.54 Å². The van der Waals surface area contributed by atoms with Gasteiger partial charge in [0.1, 0.15) is 11.6 Å². The Kier molecular flexibility index (Phi) is 6.24. The van der Waals surface area contributed by atoms with Crippen molar-refractivity contribution >= 4 is 38.3 Å². The van der Waals surface area contributed by atoms with Gasteiger partial charge in [0.05, 0.1) is 0 Å². The molecule has 0 unspecified atom stereocenters. The van der Waals surface area contributed by atoms with Crippen molar-refractivity contribution in [3.63, 3.8) is 0 Å². The summed E-state index contributed by atoms with van der Waals surface area (Å²) in [5.41, 5.74) is 0. The van der Waals surface area contributed by atoms with E-state index < -0.39 is 5.82 Å². The van der Waals surface area contributed by atoms with E-state index in [2.05, 4.69) is 26.2 Å². The second-order valence-corrected chi connectivity index (χ2v) is 5.38. The largest absolute Gasteiger partial charge is 0.426 e. The van der Waals surface area contributed by atoms with Gasteiger partial charge in [0.2, 0.25) is 0 Å². The van der Waals surface area contributed by atoms with Crippen LogP contribution < -0.4 is 10.1 Å². The number of benzene rings is 1. The van der Waals surface area contributed by atoms with E-state index in [0.29, 0.717) is 12.5 Å². The van der Waals surface area contributed by atoms with Crippen LogP contribution in [-0.2, 0) is 0 Å². The van der Waals surface area contributed by atoms with Crippen LogP contribution in [0.4, 0.5) is 4.39 Å². The summed E-state index contributed by atoms with van der Waals surface area (Å²) in [7, 11) is 0. The summed E-state index contributed by atoms with van der Waals surface area (Å²) < 4.78 is 18.5. The molecule has 0 aliphatic rings. The fourth-order valence-corrected chi connectivity index (χ4v) is 1.55. The highest BCUT2D eigenvalue weighted by molar-refractivity contribution is 9.18. The molecule has 0 bridgehead atoms. The summed E-state index contributed by atoms with van der Waals surface area (Å²) in [5.74, 6) is 0.0859. The number of nitrogens with one attached hydrogen (secondary N) is 2. The van der Waals surface area contributed by atoms with Crippen molar-refractivity contribution in [2.24, 2.45) is 10.9 Å². The number of hydrogen-bond acceptors (Lipinski definition) is 2. The third kappa shape index (κ3) is 6.54. The molecule has 1 aromatic carbocycles. The zero-order valence-corrected chi connectivity index (χ0v) is 12.8. The predicted octanol–water partition coefficient (Wildman–Crippen LogP) is 3.79. The van der Waals surface area contributed by atoms with E-state index in [1.165, 1.54) is 18.2 Å². The van der Waals surface area contributed by atoms with E-state index >= 15 is 0 Å². The lowest BCUT2D eigenvalue weighted by molar-refractivity contribution is 0.493. The van der Waals surface area contributed by atoms with Gasteiger partial charge in [-0.15, -0.1) is 0 Å². The molecule has 0 heterocycles. The van der Waals surface area contributed by atoms with Crippen LogP contribution in [0.1, 0.15) is 13.8 Å². The predicted molar refractivity (Wildman–Crippen MR) is 79.0 cm³/mol. The Morgan fingerprint density at radius 2 is 2.21 bits per heavy atom. The van der Waals surface area contributed by atoms with Crippen molar-refractivity contribution in [3.05, 3.63) is 29.0 Å². The van der Waals surface area contributed by atoms with Gasteiger partial charge in [0.15, 0.2) is 4.74 Å². The lowest BCUT2D eigenvalue weighted by Crippen LogP contribution is -2.32. The zero-order valence-electron chi connectivity index (χ0n) is 10.5. The van der Waals surface area contributed by atoms with E-state index in [4.69, 9.17) is 21.7 Å². The van der Waals surface area contributed by atoms with Gasteiger partial charge < -0.3 is 10.1 Å². The van der Waals surface area contributed by atoms with Crippen molar-refractivity contribution < 1.29 is 9.13 Å². The Hall–Kier alpha value is -1.14. The molecule has 0 spiro atoms. The van der Waals surface area contributed by atoms with Crippen LogP contribution in [-0.4, -0.2) is 17.3 Å². The lowest BCUT2D eigenvalue weighted by Gasteiger charge is -2.12. The van der Waals surface area contributed by atoms with Crippen LogP contribution in [0.3, 0.4) is 0 Å². The lowest BCUT2D eigenvalue weighted by atomic mass is 10.2. The molecule has 0 aromatic heterocycles. The minimum absolute atomic E-state index is 0.0961. The van der Waals surface area contributed by atoms with Crippen LogP contribution in [0.5, 0.6) is 5.75 Å². The first-order chi connectivity index (χ1) is 8.86. The molecule has 1 rings (SSSR count). The number of hydrogen-bond donors (Lipinski definition) is 2.